The van der Waals surface area contributed by atoms with E-state index < -0.39 is 23.4 Å². The van der Waals surface area contributed by atoms with Gasteiger partial charge >= 0.3 is 0 Å². The highest BCUT2D eigenvalue weighted by molar-refractivity contribution is 14.1. The monoisotopic (exact) mass is 483 g/mol. The number of amides is 1. The SMILES string of the molecule is O=C(NCc1ccc(F)cc1F)c1ccncc1Nc1ccc(I)cc1F. The Hall–Kier alpha value is -2.62. The average Bonchev–Trinajstić information content (AvgIpc) is 2.63. The molecule has 1 aromatic heterocycles. The van der Waals surface area contributed by atoms with E-state index in [9.17, 15) is 18.0 Å². The molecular weight excluding hydrogens is 470 g/mol. The molecule has 0 aliphatic carbocycles. The minimum atomic E-state index is -0.746. The van der Waals surface area contributed by atoms with Crippen LogP contribution in [0.2, 0.25) is 0 Å². The van der Waals surface area contributed by atoms with E-state index in [1.165, 1.54) is 30.6 Å². The van der Waals surface area contributed by atoms with Gasteiger partial charge in [0.15, 0.2) is 0 Å². The number of hydrogen-bond acceptors (Lipinski definition) is 3. The lowest BCUT2D eigenvalue weighted by Crippen LogP contribution is -2.24. The first-order valence-electron chi connectivity index (χ1n) is 7.82. The van der Waals surface area contributed by atoms with Crippen LogP contribution in [0.1, 0.15) is 15.9 Å². The number of carbonyl (C=O) groups excluding carboxylic acids is 1. The van der Waals surface area contributed by atoms with Crippen molar-refractivity contribution in [3.8, 4) is 0 Å². The highest BCUT2D eigenvalue weighted by atomic mass is 127. The molecule has 3 rings (SSSR count). The van der Waals surface area contributed by atoms with Crippen molar-refractivity contribution in [1.82, 2.24) is 10.3 Å². The molecule has 27 heavy (non-hydrogen) atoms. The van der Waals surface area contributed by atoms with E-state index >= 15 is 0 Å². The lowest BCUT2D eigenvalue weighted by atomic mass is 10.1. The number of aromatic nitrogens is 1. The highest BCUT2D eigenvalue weighted by Crippen LogP contribution is 2.24. The van der Waals surface area contributed by atoms with Crippen LogP contribution in [0.3, 0.4) is 0 Å². The Kier molecular flexibility index (Phi) is 5.94. The molecule has 0 saturated heterocycles. The lowest BCUT2D eigenvalue weighted by Gasteiger charge is -2.13. The van der Waals surface area contributed by atoms with Crippen molar-refractivity contribution in [2.24, 2.45) is 0 Å². The summed E-state index contributed by atoms with van der Waals surface area (Å²) in [5.74, 6) is -2.41. The van der Waals surface area contributed by atoms with Crippen molar-refractivity contribution in [2.75, 3.05) is 5.32 Å². The maximum atomic E-state index is 14.1. The molecule has 3 aromatic rings. The summed E-state index contributed by atoms with van der Waals surface area (Å²) < 4.78 is 41.4. The van der Waals surface area contributed by atoms with Crippen molar-refractivity contribution in [3.05, 3.63) is 87.0 Å². The van der Waals surface area contributed by atoms with Gasteiger partial charge in [-0.15, -0.1) is 0 Å². The zero-order valence-corrected chi connectivity index (χ0v) is 15.9. The average molecular weight is 483 g/mol. The van der Waals surface area contributed by atoms with Gasteiger partial charge in [0.1, 0.15) is 17.5 Å². The molecule has 4 nitrogen and oxygen atoms in total. The van der Waals surface area contributed by atoms with Crippen LogP contribution in [0.15, 0.2) is 54.9 Å². The smallest absolute Gasteiger partial charge is 0.253 e. The topological polar surface area (TPSA) is 54.0 Å². The Morgan fingerprint density at radius 2 is 1.81 bits per heavy atom. The fraction of sp³-hybridized carbons (Fsp3) is 0.0526. The molecule has 0 aliphatic rings. The third kappa shape index (κ3) is 4.76. The van der Waals surface area contributed by atoms with Gasteiger partial charge in [0, 0.05) is 27.9 Å². The molecular formula is C19H13F3IN3O. The fourth-order valence-corrected chi connectivity index (χ4v) is 2.82. The van der Waals surface area contributed by atoms with Crippen LogP contribution in [0.4, 0.5) is 24.5 Å². The Labute approximate surface area is 167 Å². The van der Waals surface area contributed by atoms with Gasteiger partial charge in [-0.2, -0.15) is 0 Å². The molecule has 1 amide bonds. The molecule has 0 unspecified atom stereocenters. The Balaban J connectivity index is 1.77. The number of benzene rings is 2. The lowest BCUT2D eigenvalue weighted by molar-refractivity contribution is 0.0951. The van der Waals surface area contributed by atoms with Crippen molar-refractivity contribution >= 4 is 39.9 Å². The summed E-state index contributed by atoms with van der Waals surface area (Å²) >= 11 is 1.99. The van der Waals surface area contributed by atoms with Crippen LogP contribution in [-0.4, -0.2) is 10.9 Å². The van der Waals surface area contributed by atoms with E-state index in [1.807, 2.05) is 22.6 Å². The van der Waals surface area contributed by atoms with Gasteiger partial charge in [0.05, 0.1) is 23.1 Å². The molecule has 0 radical (unpaired) electrons. The number of nitrogens with one attached hydrogen (secondary N) is 2. The van der Waals surface area contributed by atoms with Gasteiger partial charge in [-0.25, -0.2) is 13.2 Å². The van der Waals surface area contributed by atoms with E-state index in [4.69, 9.17) is 0 Å². The summed E-state index contributed by atoms with van der Waals surface area (Å²) in [4.78, 5) is 16.4. The van der Waals surface area contributed by atoms with Gasteiger partial charge in [-0.3, -0.25) is 9.78 Å². The number of hydrogen-bond donors (Lipinski definition) is 2. The molecule has 0 bridgehead atoms. The minimum Gasteiger partial charge on any atom is -0.351 e. The number of nitrogens with zero attached hydrogens (tertiary/aromatic N) is 1. The summed E-state index contributed by atoms with van der Waals surface area (Å²) in [6, 6.07) is 9.22. The highest BCUT2D eigenvalue weighted by Gasteiger charge is 2.14. The summed E-state index contributed by atoms with van der Waals surface area (Å²) in [7, 11) is 0. The second-order valence-electron chi connectivity index (χ2n) is 5.59. The Morgan fingerprint density at radius 1 is 1.00 bits per heavy atom. The summed E-state index contributed by atoms with van der Waals surface area (Å²) in [6.45, 7) is -0.120. The van der Waals surface area contributed by atoms with Gasteiger partial charge in [0.25, 0.3) is 5.91 Å². The van der Waals surface area contributed by atoms with Gasteiger partial charge in [-0.05, 0) is 52.9 Å². The third-order valence-corrected chi connectivity index (χ3v) is 4.39. The summed E-state index contributed by atoms with van der Waals surface area (Å²) in [6.07, 6.45) is 2.81. The maximum Gasteiger partial charge on any atom is 0.253 e. The van der Waals surface area contributed by atoms with E-state index in [1.54, 1.807) is 12.1 Å². The maximum absolute atomic E-state index is 14.1. The van der Waals surface area contributed by atoms with E-state index in [-0.39, 0.29) is 23.4 Å². The number of halogens is 4. The predicted octanol–water partition coefficient (Wildman–Crippen LogP) is 4.78. The Bertz CT molecular complexity index is 998. The zero-order chi connectivity index (χ0) is 19.4. The number of pyridine rings is 1. The fourth-order valence-electron chi connectivity index (χ4n) is 2.36. The van der Waals surface area contributed by atoms with Crippen molar-refractivity contribution in [2.45, 2.75) is 6.54 Å². The number of carbonyl (C=O) groups is 1. The van der Waals surface area contributed by atoms with Crippen LogP contribution in [0.25, 0.3) is 0 Å². The van der Waals surface area contributed by atoms with Crippen LogP contribution in [-0.2, 0) is 6.54 Å². The molecule has 1 heterocycles. The quantitative estimate of drug-likeness (QED) is 0.514. The van der Waals surface area contributed by atoms with Crippen LogP contribution >= 0.6 is 22.6 Å². The molecule has 0 atom stereocenters. The first kappa shape index (κ1) is 19.2. The molecule has 2 aromatic carbocycles. The molecule has 0 saturated carbocycles. The van der Waals surface area contributed by atoms with Crippen LogP contribution in [0, 0.1) is 21.0 Å². The standard InChI is InChI=1S/C19H13F3IN3O/c20-12-2-1-11(15(21)7-12)9-25-19(27)14-5-6-24-10-18(14)26-17-4-3-13(23)8-16(17)22/h1-8,10,26H,9H2,(H,25,27). The predicted molar refractivity (Wildman–Crippen MR) is 104 cm³/mol. The third-order valence-electron chi connectivity index (χ3n) is 3.72. The van der Waals surface area contributed by atoms with Crippen LogP contribution < -0.4 is 10.6 Å². The normalized spacial score (nSPS) is 10.5. The zero-order valence-electron chi connectivity index (χ0n) is 13.8. The molecule has 0 spiro atoms. The largest absolute Gasteiger partial charge is 0.351 e. The second kappa shape index (κ2) is 8.38. The summed E-state index contributed by atoms with van der Waals surface area (Å²) in [5.41, 5.74) is 0.860. The van der Waals surface area contributed by atoms with Gasteiger partial charge in [-0.1, -0.05) is 6.07 Å². The number of anilines is 2. The van der Waals surface area contributed by atoms with Crippen LogP contribution in [0.5, 0.6) is 0 Å². The van der Waals surface area contributed by atoms with Gasteiger partial charge in [0.2, 0.25) is 0 Å². The Morgan fingerprint density at radius 3 is 2.56 bits per heavy atom. The number of rotatable bonds is 5. The van der Waals surface area contributed by atoms with E-state index in [0.717, 1.165) is 15.7 Å². The van der Waals surface area contributed by atoms with E-state index in [2.05, 4.69) is 15.6 Å². The minimum absolute atomic E-state index is 0.120. The molecule has 0 aliphatic heterocycles. The molecule has 8 heteroatoms. The molecule has 0 fully saturated rings. The van der Waals surface area contributed by atoms with Crippen molar-refractivity contribution in [1.29, 1.82) is 0 Å². The van der Waals surface area contributed by atoms with Crippen molar-refractivity contribution < 1.29 is 18.0 Å². The summed E-state index contributed by atoms with van der Waals surface area (Å²) in [5, 5.41) is 5.40. The first-order chi connectivity index (χ1) is 12.9. The van der Waals surface area contributed by atoms with E-state index in [0.29, 0.717) is 5.69 Å². The van der Waals surface area contributed by atoms with Crippen molar-refractivity contribution in [3.63, 3.8) is 0 Å². The van der Waals surface area contributed by atoms with Gasteiger partial charge < -0.3 is 10.6 Å². The second-order valence-corrected chi connectivity index (χ2v) is 6.83. The molecule has 2 N–H and O–H groups in total. The first-order valence-corrected chi connectivity index (χ1v) is 8.90. The molecule has 138 valence electrons.